The molecule has 3 heteroatoms. The van der Waals surface area contributed by atoms with Crippen molar-refractivity contribution in [3.63, 3.8) is 0 Å². The minimum Gasteiger partial charge on any atom is -0.493 e. The summed E-state index contributed by atoms with van der Waals surface area (Å²) in [7, 11) is 0. The van der Waals surface area contributed by atoms with Crippen LogP contribution in [0, 0.1) is 5.92 Å². The lowest BCUT2D eigenvalue weighted by Gasteiger charge is -2.30. The lowest BCUT2D eigenvalue weighted by molar-refractivity contribution is 0.184. The highest BCUT2D eigenvalue weighted by atomic mass is 16.5. The van der Waals surface area contributed by atoms with E-state index in [1.54, 1.807) is 0 Å². The van der Waals surface area contributed by atoms with Crippen molar-refractivity contribution < 1.29 is 9.84 Å². The van der Waals surface area contributed by atoms with Gasteiger partial charge in [0.15, 0.2) is 0 Å². The molecule has 1 aliphatic rings. The summed E-state index contributed by atoms with van der Waals surface area (Å²) in [5.41, 5.74) is 0.873. The van der Waals surface area contributed by atoms with Crippen molar-refractivity contribution in [3.8, 4) is 5.75 Å². The smallest absolute Gasteiger partial charge is 0.124 e. The summed E-state index contributed by atoms with van der Waals surface area (Å²) in [6.07, 6.45) is 4.96. The zero-order chi connectivity index (χ0) is 14.2. The number of ether oxygens (including phenoxy) is 1. The fraction of sp³-hybridized carbons (Fsp3) is 0.647. The number of benzene rings is 1. The molecule has 20 heavy (non-hydrogen) atoms. The number of aliphatic hydroxyl groups is 1. The van der Waals surface area contributed by atoms with Crippen LogP contribution < -0.4 is 4.74 Å². The van der Waals surface area contributed by atoms with Gasteiger partial charge in [-0.05, 0) is 57.3 Å². The number of unbranched alkanes of at least 4 members (excludes halogenated alkanes) is 1. The fourth-order valence-electron chi connectivity index (χ4n) is 2.68. The van der Waals surface area contributed by atoms with Gasteiger partial charge in [0, 0.05) is 5.56 Å². The summed E-state index contributed by atoms with van der Waals surface area (Å²) in [6.45, 7) is 6.84. The SMILES string of the molecule is CC1CCN(CCCCOc2ccccc2CO)CC1. The van der Waals surface area contributed by atoms with Crippen molar-refractivity contribution in [3.05, 3.63) is 29.8 Å². The van der Waals surface area contributed by atoms with Gasteiger partial charge in [-0.1, -0.05) is 25.1 Å². The Morgan fingerprint density at radius 2 is 1.95 bits per heavy atom. The molecule has 1 aromatic carbocycles. The van der Waals surface area contributed by atoms with E-state index in [0.29, 0.717) is 0 Å². The van der Waals surface area contributed by atoms with Crippen molar-refractivity contribution >= 4 is 0 Å². The largest absolute Gasteiger partial charge is 0.493 e. The zero-order valence-electron chi connectivity index (χ0n) is 12.6. The molecule has 2 rings (SSSR count). The first-order valence-corrected chi connectivity index (χ1v) is 7.83. The lowest BCUT2D eigenvalue weighted by atomic mass is 9.99. The first-order valence-electron chi connectivity index (χ1n) is 7.83. The number of piperidine rings is 1. The normalized spacial score (nSPS) is 17.3. The number of hydrogen-bond acceptors (Lipinski definition) is 3. The van der Waals surface area contributed by atoms with E-state index in [1.807, 2.05) is 24.3 Å². The second-order valence-corrected chi connectivity index (χ2v) is 5.85. The van der Waals surface area contributed by atoms with E-state index in [9.17, 15) is 5.11 Å². The Balaban J connectivity index is 1.59. The lowest BCUT2D eigenvalue weighted by Crippen LogP contribution is -2.33. The summed E-state index contributed by atoms with van der Waals surface area (Å²) < 4.78 is 5.76. The zero-order valence-corrected chi connectivity index (χ0v) is 12.6. The summed E-state index contributed by atoms with van der Waals surface area (Å²) in [5, 5.41) is 9.23. The molecule has 0 atom stereocenters. The molecule has 112 valence electrons. The molecule has 0 spiro atoms. The minimum atomic E-state index is 0.0438. The third kappa shape index (κ3) is 4.80. The molecule has 0 unspecified atom stereocenters. The molecule has 1 aromatic rings. The molecule has 0 aromatic heterocycles. The number of aliphatic hydroxyl groups excluding tert-OH is 1. The van der Waals surface area contributed by atoms with E-state index in [-0.39, 0.29) is 6.61 Å². The van der Waals surface area contributed by atoms with E-state index in [0.717, 1.165) is 30.3 Å². The van der Waals surface area contributed by atoms with Gasteiger partial charge in [-0.3, -0.25) is 0 Å². The molecule has 1 N–H and O–H groups in total. The maximum Gasteiger partial charge on any atom is 0.124 e. The third-order valence-electron chi connectivity index (χ3n) is 4.15. The van der Waals surface area contributed by atoms with Crippen molar-refractivity contribution in [1.29, 1.82) is 0 Å². The van der Waals surface area contributed by atoms with Crippen LogP contribution in [0.3, 0.4) is 0 Å². The van der Waals surface area contributed by atoms with Crippen LogP contribution in [0.2, 0.25) is 0 Å². The fourth-order valence-corrected chi connectivity index (χ4v) is 2.68. The van der Waals surface area contributed by atoms with Gasteiger partial charge in [-0.2, -0.15) is 0 Å². The average Bonchev–Trinajstić information content (AvgIpc) is 2.49. The second kappa shape index (κ2) is 8.28. The predicted octanol–water partition coefficient (Wildman–Crippen LogP) is 3.07. The molecule has 0 radical (unpaired) electrons. The summed E-state index contributed by atoms with van der Waals surface area (Å²) in [5.74, 6) is 1.73. The Bertz CT molecular complexity index is 386. The van der Waals surface area contributed by atoms with Gasteiger partial charge in [-0.15, -0.1) is 0 Å². The molecule has 0 bridgehead atoms. The van der Waals surface area contributed by atoms with Gasteiger partial charge in [0.2, 0.25) is 0 Å². The van der Waals surface area contributed by atoms with E-state index < -0.39 is 0 Å². The van der Waals surface area contributed by atoms with E-state index in [4.69, 9.17) is 4.74 Å². The van der Waals surface area contributed by atoms with E-state index in [2.05, 4.69) is 11.8 Å². The molecule has 1 saturated heterocycles. The predicted molar refractivity (Wildman–Crippen MR) is 81.9 cm³/mol. The van der Waals surface area contributed by atoms with Crippen molar-refractivity contribution in [2.24, 2.45) is 5.92 Å². The molecule has 0 aliphatic carbocycles. The van der Waals surface area contributed by atoms with E-state index >= 15 is 0 Å². The van der Waals surface area contributed by atoms with Gasteiger partial charge < -0.3 is 14.7 Å². The van der Waals surface area contributed by atoms with Crippen molar-refractivity contribution in [1.82, 2.24) is 4.90 Å². The highest BCUT2D eigenvalue weighted by molar-refractivity contribution is 5.32. The monoisotopic (exact) mass is 277 g/mol. The highest BCUT2D eigenvalue weighted by Crippen LogP contribution is 2.18. The maximum atomic E-state index is 9.23. The Morgan fingerprint density at radius 3 is 2.70 bits per heavy atom. The number of para-hydroxylation sites is 1. The Labute approximate surface area is 122 Å². The number of nitrogens with zero attached hydrogens (tertiary/aromatic N) is 1. The molecular formula is C17H27NO2. The first kappa shape index (κ1) is 15.3. The topological polar surface area (TPSA) is 32.7 Å². The number of rotatable bonds is 7. The third-order valence-corrected chi connectivity index (χ3v) is 4.15. The van der Waals surface area contributed by atoms with Crippen LogP contribution in [-0.2, 0) is 6.61 Å². The Morgan fingerprint density at radius 1 is 1.20 bits per heavy atom. The van der Waals surface area contributed by atoms with Crippen LogP contribution in [0.1, 0.15) is 38.2 Å². The van der Waals surface area contributed by atoms with Gasteiger partial charge >= 0.3 is 0 Å². The highest BCUT2D eigenvalue weighted by Gasteiger charge is 2.14. The van der Waals surface area contributed by atoms with Gasteiger partial charge in [0.05, 0.1) is 13.2 Å². The average molecular weight is 277 g/mol. The molecule has 0 amide bonds. The van der Waals surface area contributed by atoms with Crippen LogP contribution >= 0.6 is 0 Å². The van der Waals surface area contributed by atoms with E-state index in [1.165, 1.54) is 38.9 Å². The van der Waals surface area contributed by atoms with Crippen LogP contribution in [0.4, 0.5) is 0 Å². The number of hydrogen-bond donors (Lipinski definition) is 1. The Hall–Kier alpha value is -1.06. The van der Waals surface area contributed by atoms with Gasteiger partial charge in [-0.25, -0.2) is 0 Å². The molecule has 1 aliphatic heterocycles. The standard InChI is InChI=1S/C17H27NO2/c1-15-8-11-18(12-9-15)10-4-5-13-20-17-7-3-2-6-16(17)14-19/h2-3,6-7,15,19H,4-5,8-14H2,1H3. The van der Waals surface area contributed by atoms with Crippen LogP contribution in [0.25, 0.3) is 0 Å². The minimum absolute atomic E-state index is 0.0438. The quantitative estimate of drug-likeness (QED) is 0.778. The Kier molecular flexibility index (Phi) is 6.34. The molecule has 1 heterocycles. The van der Waals surface area contributed by atoms with Gasteiger partial charge in [0.1, 0.15) is 5.75 Å². The van der Waals surface area contributed by atoms with Crippen LogP contribution in [0.5, 0.6) is 5.75 Å². The summed E-state index contributed by atoms with van der Waals surface area (Å²) >= 11 is 0. The molecule has 3 nitrogen and oxygen atoms in total. The summed E-state index contributed by atoms with van der Waals surface area (Å²) in [4.78, 5) is 2.57. The maximum absolute atomic E-state index is 9.23. The van der Waals surface area contributed by atoms with Crippen LogP contribution in [0.15, 0.2) is 24.3 Å². The molecule has 0 saturated carbocycles. The van der Waals surface area contributed by atoms with Crippen molar-refractivity contribution in [2.45, 2.75) is 39.2 Å². The summed E-state index contributed by atoms with van der Waals surface area (Å²) in [6, 6.07) is 7.71. The van der Waals surface area contributed by atoms with Crippen LogP contribution in [-0.4, -0.2) is 36.2 Å². The van der Waals surface area contributed by atoms with Gasteiger partial charge in [0.25, 0.3) is 0 Å². The molecular weight excluding hydrogens is 250 g/mol. The second-order valence-electron chi connectivity index (χ2n) is 5.85. The van der Waals surface area contributed by atoms with Crippen molar-refractivity contribution in [2.75, 3.05) is 26.2 Å². The molecule has 1 fully saturated rings. The number of likely N-dealkylation sites (tertiary alicyclic amines) is 1. The first-order chi connectivity index (χ1) is 9.79.